The molecule has 0 aliphatic carbocycles. The molecule has 2 aromatic rings. The highest BCUT2D eigenvalue weighted by molar-refractivity contribution is 6.31. The molecule has 2 rings (SSSR count). The maximum Gasteiger partial charge on any atom is 0.356 e. The van der Waals surface area contributed by atoms with Gasteiger partial charge in [-0.15, -0.1) is 0 Å². The first-order valence-corrected chi connectivity index (χ1v) is 5.51. The summed E-state index contributed by atoms with van der Waals surface area (Å²) in [5, 5.41) is 13.3. The van der Waals surface area contributed by atoms with Crippen LogP contribution in [0, 0.1) is 0 Å². The summed E-state index contributed by atoms with van der Waals surface area (Å²) in [4.78, 5) is 10.9. The van der Waals surface area contributed by atoms with Crippen molar-refractivity contribution in [3.63, 3.8) is 0 Å². The van der Waals surface area contributed by atoms with Gasteiger partial charge in [0.25, 0.3) is 0 Å². The molecule has 0 fully saturated rings. The van der Waals surface area contributed by atoms with E-state index in [0.29, 0.717) is 16.5 Å². The number of carbonyl (C=O) groups is 1. The smallest absolute Gasteiger partial charge is 0.356 e. The molecule has 0 saturated heterocycles. The summed E-state index contributed by atoms with van der Waals surface area (Å²) in [7, 11) is 3.22. The van der Waals surface area contributed by atoms with Crippen LogP contribution < -0.4 is 4.74 Å². The molecule has 1 aromatic carbocycles. The number of nitrogens with zero attached hydrogens (tertiary/aromatic N) is 2. The molecule has 1 N–H and O–H groups in total. The van der Waals surface area contributed by atoms with E-state index in [4.69, 9.17) is 21.4 Å². The van der Waals surface area contributed by atoms with E-state index in [9.17, 15) is 4.79 Å². The highest BCUT2D eigenvalue weighted by atomic mass is 35.5. The lowest BCUT2D eigenvalue weighted by atomic mass is 10.1. The van der Waals surface area contributed by atoms with E-state index in [1.807, 2.05) is 0 Å². The molecule has 0 saturated carbocycles. The first-order valence-electron chi connectivity index (χ1n) is 5.13. The van der Waals surface area contributed by atoms with E-state index in [2.05, 4.69) is 5.10 Å². The Morgan fingerprint density at radius 3 is 2.67 bits per heavy atom. The van der Waals surface area contributed by atoms with Crippen LogP contribution in [0.5, 0.6) is 5.75 Å². The summed E-state index contributed by atoms with van der Waals surface area (Å²) < 4.78 is 6.62. The molecule has 6 heteroatoms. The van der Waals surface area contributed by atoms with E-state index in [1.54, 1.807) is 32.4 Å². The lowest BCUT2D eigenvalue weighted by Crippen LogP contribution is -1.99. The van der Waals surface area contributed by atoms with E-state index in [-0.39, 0.29) is 5.69 Å². The Morgan fingerprint density at radius 1 is 1.39 bits per heavy atom. The van der Waals surface area contributed by atoms with Gasteiger partial charge in [-0.05, 0) is 24.3 Å². The van der Waals surface area contributed by atoms with Crippen LogP contribution in [-0.4, -0.2) is 28.0 Å². The number of aryl methyl sites for hydroxylation is 1. The summed E-state index contributed by atoms with van der Waals surface area (Å²) in [5.41, 5.74) is 1.40. The van der Waals surface area contributed by atoms with Gasteiger partial charge < -0.3 is 9.84 Å². The van der Waals surface area contributed by atoms with Gasteiger partial charge in [0, 0.05) is 17.6 Å². The zero-order chi connectivity index (χ0) is 13.3. The second-order valence-corrected chi connectivity index (χ2v) is 4.16. The van der Waals surface area contributed by atoms with Crippen molar-refractivity contribution in [3.05, 3.63) is 35.0 Å². The number of methoxy groups -OCH3 is 1. The molecule has 0 amide bonds. The van der Waals surface area contributed by atoms with Gasteiger partial charge in [-0.25, -0.2) is 4.79 Å². The van der Waals surface area contributed by atoms with Crippen LogP contribution in [-0.2, 0) is 7.05 Å². The Morgan fingerprint density at radius 2 is 2.11 bits per heavy atom. The molecule has 0 aliphatic heterocycles. The Labute approximate surface area is 109 Å². The van der Waals surface area contributed by atoms with Crippen molar-refractivity contribution in [1.82, 2.24) is 9.78 Å². The molecule has 0 unspecified atom stereocenters. The summed E-state index contributed by atoms with van der Waals surface area (Å²) in [6.45, 7) is 0. The molecule has 0 atom stereocenters. The van der Waals surface area contributed by atoms with Gasteiger partial charge in [0.1, 0.15) is 5.75 Å². The molecule has 1 heterocycles. The van der Waals surface area contributed by atoms with Crippen LogP contribution in [0.15, 0.2) is 24.3 Å². The predicted molar refractivity (Wildman–Crippen MR) is 67.2 cm³/mol. The van der Waals surface area contributed by atoms with Gasteiger partial charge >= 0.3 is 5.97 Å². The maximum atomic E-state index is 10.9. The molecular weight excluding hydrogens is 256 g/mol. The number of ether oxygens (including phenoxy) is 1. The van der Waals surface area contributed by atoms with Crippen LogP contribution in [0.25, 0.3) is 11.3 Å². The lowest BCUT2D eigenvalue weighted by molar-refractivity contribution is 0.0689. The van der Waals surface area contributed by atoms with Gasteiger partial charge in [-0.2, -0.15) is 5.10 Å². The number of benzene rings is 1. The minimum atomic E-state index is -1.06. The lowest BCUT2D eigenvalue weighted by Gasteiger charge is -2.06. The monoisotopic (exact) mass is 266 g/mol. The van der Waals surface area contributed by atoms with Crippen molar-refractivity contribution in [1.29, 1.82) is 0 Å². The fourth-order valence-corrected chi connectivity index (χ4v) is 1.90. The molecule has 94 valence electrons. The van der Waals surface area contributed by atoms with Gasteiger partial charge in [0.2, 0.25) is 0 Å². The second-order valence-electron chi connectivity index (χ2n) is 3.72. The highest BCUT2D eigenvalue weighted by Crippen LogP contribution is 2.28. The SMILES string of the molecule is COc1cc(Cl)cc(-c2cc(C(=O)O)nn2C)c1. The Kier molecular flexibility index (Phi) is 3.25. The molecule has 5 nitrogen and oxygen atoms in total. The van der Waals surface area contributed by atoms with E-state index in [1.165, 1.54) is 10.7 Å². The average molecular weight is 267 g/mol. The number of carboxylic acids is 1. The van der Waals surface area contributed by atoms with Crippen LogP contribution in [0.3, 0.4) is 0 Å². The average Bonchev–Trinajstić information content (AvgIpc) is 2.70. The largest absolute Gasteiger partial charge is 0.497 e. The summed E-state index contributed by atoms with van der Waals surface area (Å²) in [5.74, 6) is -0.457. The number of aromatic carboxylic acids is 1. The maximum absolute atomic E-state index is 10.9. The van der Waals surface area contributed by atoms with Crippen molar-refractivity contribution >= 4 is 17.6 Å². The van der Waals surface area contributed by atoms with E-state index >= 15 is 0 Å². The minimum absolute atomic E-state index is 0.00792. The summed E-state index contributed by atoms with van der Waals surface area (Å²) >= 11 is 5.97. The van der Waals surface area contributed by atoms with Crippen LogP contribution in [0.4, 0.5) is 0 Å². The van der Waals surface area contributed by atoms with Gasteiger partial charge in [-0.1, -0.05) is 11.6 Å². The van der Waals surface area contributed by atoms with Gasteiger partial charge in [0.15, 0.2) is 5.69 Å². The minimum Gasteiger partial charge on any atom is -0.497 e. The molecule has 0 aliphatic rings. The first kappa shape index (κ1) is 12.4. The number of carboxylic acid groups (broad SMARTS) is 1. The van der Waals surface area contributed by atoms with Crippen molar-refractivity contribution < 1.29 is 14.6 Å². The van der Waals surface area contributed by atoms with Crippen molar-refractivity contribution in [3.8, 4) is 17.0 Å². The number of rotatable bonds is 3. The van der Waals surface area contributed by atoms with E-state index < -0.39 is 5.97 Å². The number of aromatic nitrogens is 2. The third-order valence-electron chi connectivity index (χ3n) is 2.50. The zero-order valence-corrected chi connectivity index (χ0v) is 10.6. The fourth-order valence-electron chi connectivity index (χ4n) is 1.67. The molecule has 0 spiro atoms. The topological polar surface area (TPSA) is 64.3 Å². The Balaban J connectivity index is 2.54. The third-order valence-corrected chi connectivity index (χ3v) is 2.72. The van der Waals surface area contributed by atoms with Crippen molar-refractivity contribution in [2.45, 2.75) is 0 Å². The quantitative estimate of drug-likeness (QED) is 0.927. The summed E-state index contributed by atoms with van der Waals surface area (Å²) in [6.07, 6.45) is 0. The van der Waals surface area contributed by atoms with Crippen LogP contribution in [0.2, 0.25) is 5.02 Å². The van der Waals surface area contributed by atoms with Crippen molar-refractivity contribution in [2.75, 3.05) is 7.11 Å². The van der Waals surface area contributed by atoms with Crippen molar-refractivity contribution in [2.24, 2.45) is 7.05 Å². The molecule has 18 heavy (non-hydrogen) atoms. The first-order chi connectivity index (χ1) is 8.51. The van der Waals surface area contributed by atoms with Gasteiger partial charge in [-0.3, -0.25) is 4.68 Å². The fraction of sp³-hybridized carbons (Fsp3) is 0.167. The predicted octanol–water partition coefficient (Wildman–Crippen LogP) is 2.45. The standard InChI is InChI=1S/C12H11ClN2O3/c1-15-11(6-10(14-15)12(16)17)7-3-8(13)5-9(4-7)18-2/h3-6H,1-2H3,(H,16,17). The van der Waals surface area contributed by atoms with Gasteiger partial charge in [0.05, 0.1) is 12.8 Å². The normalized spacial score (nSPS) is 10.4. The number of hydrogen-bond donors (Lipinski definition) is 1. The van der Waals surface area contributed by atoms with Crippen LogP contribution >= 0.6 is 11.6 Å². The Bertz CT molecular complexity index is 607. The van der Waals surface area contributed by atoms with Crippen LogP contribution in [0.1, 0.15) is 10.5 Å². The zero-order valence-electron chi connectivity index (χ0n) is 9.85. The molecule has 1 aromatic heterocycles. The molecule has 0 bridgehead atoms. The second kappa shape index (κ2) is 4.70. The highest BCUT2D eigenvalue weighted by Gasteiger charge is 2.13. The number of halogens is 1. The molecule has 0 radical (unpaired) electrons. The Hall–Kier alpha value is -2.01. The molecular formula is C12H11ClN2O3. The number of hydrogen-bond acceptors (Lipinski definition) is 3. The summed E-state index contributed by atoms with van der Waals surface area (Å²) in [6, 6.07) is 6.67. The van der Waals surface area contributed by atoms with E-state index in [0.717, 1.165) is 5.56 Å². The third kappa shape index (κ3) is 2.31.